The van der Waals surface area contributed by atoms with Crippen LogP contribution < -0.4 is 4.74 Å². The summed E-state index contributed by atoms with van der Waals surface area (Å²) in [4.78, 5) is 0. The molecule has 0 saturated heterocycles. The summed E-state index contributed by atoms with van der Waals surface area (Å²) in [5.74, 6) is 0.960. The van der Waals surface area contributed by atoms with Gasteiger partial charge in [-0.3, -0.25) is 0 Å². The van der Waals surface area contributed by atoms with Crippen LogP contribution in [0.15, 0.2) is 16.6 Å². The zero-order chi connectivity index (χ0) is 11.3. The third-order valence-electron chi connectivity index (χ3n) is 3.45. The Bertz CT molecular complexity index is 571. The number of ether oxygens (including phenoxy) is 1. The summed E-state index contributed by atoms with van der Waals surface area (Å²) < 4.78 is 8.99. The molecule has 1 aliphatic heterocycles. The van der Waals surface area contributed by atoms with Crippen LogP contribution in [0.3, 0.4) is 0 Å². The van der Waals surface area contributed by atoms with Gasteiger partial charge in [0.05, 0.1) is 12.6 Å². The number of aromatic nitrogens is 1. The van der Waals surface area contributed by atoms with Gasteiger partial charge in [-0.05, 0) is 53.4 Å². The first-order chi connectivity index (χ1) is 7.72. The minimum atomic E-state index is 0.960. The molecule has 0 aliphatic carbocycles. The number of nitrogens with zero attached hydrogens (tertiary/aromatic N) is 1. The molecule has 0 spiro atoms. The first kappa shape index (κ1) is 10.2. The van der Waals surface area contributed by atoms with Gasteiger partial charge < -0.3 is 9.30 Å². The van der Waals surface area contributed by atoms with Crippen molar-refractivity contribution in [3.8, 4) is 5.75 Å². The van der Waals surface area contributed by atoms with Crippen LogP contribution in [0, 0.1) is 6.92 Å². The maximum absolute atomic E-state index is 5.36. The average Bonchev–Trinajstić information content (AvgIpc) is 2.56. The van der Waals surface area contributed by atoms with Crippen molar-refractivity contribution in [2.45, 2.75) is 26.3 Å². The molecule has 0 saturated carbocycles. The number of halogens is 1. The fourth-order valence-corrected chi connectivity index (χ4v) is 3.16. The molecule has 2 aromatic rings. The summed E-state index contributed by atoms with van der Waals surface area (Å²) in [7, 11) is 1.73. The van der Waals surface area contributed by atoms with Crippen molar-refractivity contribution in [2.24, 2.45) is 0 Å². The summed E-state index contributed by atoms with van der Waals surface area (Å²) in [6.45, 7) is 3.30. The molecular weight excluding hydrogens is 266 g/mol. The summed E-state index contributed by atoms with van der Waals surface area (Å²) >= 11 is 3.69. The molecule has 1 aromatic carbocycles. The number of hydrogen-bond acceptors (Lipinski definition) is 1. The van der Waals surface area contributed by atoms with E-state index in [-0.39, 0.29) is 0 Å². The molecule has 2 nitrogen and oxygen atoms in total. The molecule has 1 aliphatic rings. The quantitative estimate of drug-likeness (QED) is 0.777. The zero-order valence-corrected chi connectivity index (χ0v) is 11.1. The SMILES string of the molecule is COc1cc2c3c(c1)c(Br)c(C)n3CCC2. The maximum atomic E-state index is 5.36. The van der Waals surface area contributed by atoms with Gasteiger partial charge in [0.1, 0.15) is 5.75 Å². The Hall–Kier alpha value is -0.960. The van der Waals surface area contributed by atoms with E-state index in [9.17, 15) is 0 Å². The lowest BCUT2D eigenvalue weighted by molar-refractivity contribution is 0.414. The lowest BCUT2D eigenvalue weighted by atomic mass is 10.0. The van der Waals surface area contributed by atoms with Crippen LogP contribution in [0.5, 0.6) is 5.75 Å². The second-order valence-corrected chi connectivity index (χ2v) is 5.13. The van der Waals surface area contributed by atoms with Gasteiger partial charge in [-0.15, -0.1) is 0 Å². The second-order valence-electron chi connectivity index (χ2n) is 4.34. The fraction of sp³-hybridized carbons (Fsp3) is 0.385. The molecule has 1 aromatic heterocycles. The number of rotatable bonds is 1. The van der Waals surface area contributed by atoms with Crippen LogP contribution in [0.1, 0.15) is 17.7 Å². The Labute approximate surface area is 103 Å². The van der Waals surface area contributed by atoms with E-state index in [1.807, 2.05) is 0 Å². The molecule has 16 heavy (non-hydrogen) atoms. The van der Waals surface area contributed by atoms with Crippen LogP contribution in [0.25, 0.3) is 10.9 Å². The predicted molar refractivity (Wildman–Crippen MR) is 69.2 cm³/mol. The van der Waals surface area contributed by atoms with Crippen molar-refractivity contribution in [3.05, 3.63) is 27.9 Å². The van der Waals surface area contributed by atoms with E-state index in [1.165, 1.54) is 33.1 Å². The molecule has 0 N–H and O–H groups in total. The van der Waals surface area contributed by atoms with Gasteiger partial charge in [0.25, 0.3) is 0 Å². The topological polar surface area (TPSA) is 14.2 Å². The smallest absolute Gasteiger partial charge is 0.119 e. The van der Waals surface area contributed by atoms with Gasteiger partial charge in [0, 0.05) is 22.1 Å². The largest absolute Gasteiger partial charge is 0.497 e. The Kier molecular flexibility index (Phi) is 2.25. The van der Waals surface area contributed by atoms with Crippen LogP contribution in [-0.4, -0.2) is 11.7 Å². The van der Waals surface area contributed by atoms with Crippen LogP contribution in [0.2, 0.25) is 0 Å². The summed E-state index contributed by atoms with van der Waals surface area (Å²) in [5, 5.41) is 1.28. The van der Waals surface area contributed by atoms with E-state index < -0.39 is 0 Å². The first-order valence-corrected chi connectivity index (χ1v) is 6.37. The fourth-order valence-electron chi connectivity index (χ4n) is 2.65. The van der Waals surface area contributed by atoms with Crippen molar-refractivity contribution >= 4 is 26.8 Å². The highest BCUT2D eigenvalue weighted by Crippen LogP contribution is 2.38. The van der Waals surface area contributed by atoms with E-state index >= 15 is 0 Å². The molecule has 2 heterocycles. The molecule has 0 unspecified atom stereocenters. The Morgan fingerprint density at radius 3 is 2.94 bits per heavy atom. The highest BCUT2D eigenvalue weighted by Gasteiger charge is 2.19. The summed E-state index contributed by atoms with van der Waals surface area (Å²) in [6, 6.07) is 4.29. The monoisotopic (exact) mass is 279 g/mol. The molecule has 0 bridgehead atoms. The van der Waals surface area contributed by atoms with E-state index in [0.717, 1.165) is 18.7 Å². The molecule has 0 fully saturated rings. The highest BCUT2D eigenvalue weighted by molar-refractivity contribution is 9.10. The van der Waals surface area contributed by atoms with E-state index in [0.29, 0.717) is 0 Å². The minimum Gasteiger partial charge on any atom is -0.497 e. The number of hydrogen-bond donors (Lipinski definition) is 0. The van der Waals surface area contributed by atoms with E-state index in [4.69, 9.17) is 4.74 Å². The molecule has 3 heteroatoms. The summed E-state index contributed by atoms with van der Waals surface area (Å²) in [5.41, 5.74) is 4.12. The van der Waals surface area contributed by atoms with Gasteiger partial charge in [-0.25, -0.2) is 0 Å². The first-order valence-electron chi connectivity index (χ1n) is 5.57. The Morgan fingerprint density at radius 1 is 1.38 bits per heavy atom. The molecule has 3 rings (SSSR count). The second kappa shape index (κ2) is 3.52. The minimum absolute atomic E-state index is 0.960. The zero-order valence-electron chi connectivity index (χ0n) is 9.51. The van der Waals surface area contributed by atoms with E-state index in [2.05, 4.69) is 39.6 Å². The number of aryl methyl sites for hydroxylation is 2. The van der Waals surface area contributed by atoms with Gasteiger partial charge in [-0.1, -0.05) is 0 Å². The van der Waals surface area contributed by atoms with Crippen molar-refractivity contribution in [1.29, 1.82) is 0 Å². The van der Waals surface area contributed by atoms with Crippen molar-refractivity contribution in [3.63, 3.8) is 0 Å². The van der Waals surface area contributed by atoms with Crippen molar-refractivity contribution < 1.29 is 4.74 Å². The van der Waals surface area contributed by atoms with Crippen molar-refractivity contribution in [2.75, 3.05) is 7.11 Å². The number of methoxy groups -OCH3 is 1. The van der Waals surface area contributed by atoms with Crippen LogP contribution in [-0.2, 0) is 13.0 Å². The van der Waals surface area contributed by atoms with Gasteiger partial charge in [-0.2, -0.15) is 0 Å². The van der Waals surface area contributed by atoms with E-state index in [1.54, 1.807) is 7.11 Å². The average molecular weight is 280 g/mol. The Morgan fingerprint density at radius 2 is 2.19 bits per heavy atom. The predicted octanol–water partition coefficient (Wildman–Crippen LogP) is 3.67. The van der Waals surface area contributed by atoms with Crippen molar-refractivity contribution in [1.82, 2.24) is 4.57 Å². The van der Waals surface area contributed by atoms with Gasteiger partial charge in [0.2, 0.25) is 0 Å². The lowest BCUT2D eigenvalue weighted by Gasteiger charge is -2.17. The standard InChI is InChI=1S/C13H14BrNO/c1-8-12(14)11-7-10(16-2)6-9-4-3-5-15(8)13(9)11/h6-7H,3-5H2,1-2H3. The third kappa shape index (κ3) is 1.24. The van der Waals surface area contributed by atoms with Gasteiger partial charge >= 0.3 is 0 Å². The number of benzene rings is 1. The molecule has 0 atom stereocenters. The maximum Gasteiger partial charge on any atom is 0.119 e. The molecular formula is C13H14BrNO. The molecule has 84 valence electrons. The molecule has 0 amide bonds. The highest BCUT2D eigenvalue weighted by atomic mass is 79.9. The Balaban J connectivity index is 2.45. The third-order valence-corrected chi connectivity index (χ3v) is 4.46. The summed E-state index contributed by atoms with van der Waals surface area (Å²) in [6.07, 6.45) is 2.38. The lowest BCUT2D eigenvalue weighted by Crippen LogP contribution is -2.08. The van der Waals surface area contributed by atoms with Crippen LogP contribution in [0.4, 0.5) is 0 Å². The normalized spacial score (nSPS) is 14.4. The molecule has 0 radical (unpaired) electrons. The van der Waals surface area contributed by atoms with Gasteiger partial charge in [0.15, 0.2) is 0 Å². The van der Waals surface area contributed by atoms with Crippen LogP contribution >= 0.6 is 15.9 Å².